The van der Waals surface area contributed by atoms with Gasteiger partial charge in [-0.25, -0.2) is 4.98 Å². The fourth-order valence-corrected chi connectivity index (χ4v) is 3.34. The van der Waals surface area contributed by atoms with Gasteiger partial charge in [-0.05, 0) is 44.6 Å². The van der Waals surface area contributed by atoms with E-state index < -0.39 is 0 Å². The minimum Gasteiger partial charge on any atom is -0.492 e. The Kier molecular flexibility index (Phi) is 6.52. The normalized spacial score (nSPS) is 13.4. The maximum atomic E-state index is 5.98. The second kappa shape index (κ2) is 9.06. The molecule has 6 heteroatoms. The van der Waals surface area contributed by atoms with Crippen molar-refractivity contribution in [1.29, 1.82) is 0 Å². The number of nitrogens with zero attached hydrogens (tertiary/aromatic N) is 3. The molecular weight excluding hydrogens is 350 g/mol. The number of likely N-dealkylation sites (N-methyl/N-ethyl adjacent to an activating group) is 1. The van der Waals surface area contributed by atoms with Crippen LogP contribution in [0, 0.1) is 6.92 Å². The summed E-state index contributed by atoms with van der Waals surface area (Å²) in [5.74, 6) is 2.43. The van der Waals surface area contributed by atoms with Crippen molar-refractivity contribution >= 4 is 23.0 Å². The summed E-state index contributed by atoms with van der Waals surface area (Å²) in [7, 11) is 4.00. The third-order valence-electron chi connectivity index (χ3n) is 5.07. The van der Waals surface area contributed by atoms with Gasteiger partial charge in [-0.2, -0.15) is 4.98 Å². The average Bonchev–Trinajstić information content (AvgIpc) is 3.16. The summed E-state index contributed by atoms with van der Waals surface area (Å²) in [6.07, 6.45) is 4.20. The first-order valence-electron chi connectivity index (χ1n) is 10.0. The Morgan fingerprint density at radius 2 is 2.07 bits per heavy atom. The number of benzene rings is 1. The third-order valence-corrected chi connectivity index (χ3v) is 5.07. The summed E-state index contributed by atoms with van der Waals surface area (Å²) in [5, 5.41) is 6.47. The molecule has 2 aromatic rings. The van der Waals surface area contributed by atoms with Crippen LogP contribution in [0.3, 0.4) is 0 Å². The van der Waals surface area contributed by atoms with E-state index in [1.54, 1.807) is 0 Å². The Balaban J connectivity index is 1.96. The highest BCUT2D eigenvalue weighted by molar-refractivity contribution is 5.77. The smallest absolute Gasteiger partial charge is 0.229 e. The molecule has 28 heavy (non-hydrogen) atoms. The predicted octanol–water partition coefficient (Wildman–Crippen LogP) is 4.25. The van der Waals surface area contributed by atoms with E-state index in [1.165, 1.54) is 16.7 Å². The van der Waals surface area contributed by atoms with Crippen LogP contribution in [0.1, 0.15) is 37.1 Å². The zero-order chi connectivity index (χ0) is 20.1. The molecule has 1 aromatic heterocycles. The van der Waals surface area contributed by atoms with Crippen molar-refractivity contribution in [1.82, 2.24) is 14.9 Å². The van der Waals surface area contributed by atoms with E-state index >= 15 is 0 Å². The number of anilines is 3. The molecule has 0 unspecified atom stereocenters. The maximum absolute atomic E-state index is 5.98. The molecule has 3 rings (SSSR count). The van der Waals surface area contributed by atoms with Crippen LogP contribution in [-0.2, 0) is 6.42 Å². The van der Waals surface area contributed by atoms with Crippen LogP contribution in [0.5, 0.6) is 5.75 Å². The summed E-state index contributed by atoms with van der Waals surface area (Å²) in [5.41, 5.74) is 5.64. The van der Waals surface area contributed by atoms with Crippen LogP contribution in [0.15, 0.2) is 24.3 Å². The number of hydrogen-bond donors (Lipinski definition) is 2. The molecule has 1 aromatic carbocycles. The van der Waals surface area contributed by atoms with E-state index in [4.69, 9.17) is 4.74 Å². The molecular formula is C22H31N5O. The van der Waals surface area contributed by atoms with Gasteiger partial charge >= 0.3 is 0 Å². The average molecular weight is 382 g/mol. The summed E-state index contributed by atoms with van der Waals surface area (Å²) in [4.78, 5) is 11.3. The van der Waals surface area contributed by atoms with Gasteiger partial charge < -0.3 is 20.3 Å². The van der Waals surface area contributed by atoms with Gasteiger partial charge in [0.2, 0.25) is 5.95 Å². The van der Waals surface area contributed by atoms with Crippen molar-refractivity contribution in [3.63, 3.8) is 0 Å². The lowest BCUT2D eigenvalue weighted by Gasteiger charge is -2.16. The number of fused-ring (bicyclic) bond motifs is 1. The van der Waals surface area contributed by atoms with Gasteiger partial charge in [-0.15, -0.1) is 0 Å². The van der Waals surface area contributed by atoms with Gasteiger partial charge in [-0.1, -0.05) is 19.9 Å². The SMILES string of the molecule is CC/C(=C\CN(C)CC)c1cc(Nc2nc(C)cc(NC)n2)cc2c1OCC2. The monoisotopic (exact) mass is 381 g/mol. The van der Waals surface area contributed by atoms with Gasteiger partial charge in [0.1, 0.15) is 11.6 Å². The predicted molar refractivity (Wildman–Crippen MR) is 117 cm³/mol. The molecule has 0 saturated carbocycles. The molecule has 2 N–H and O–H groups in total. The van der Waals surface area contributed by atoms with Crippen LogP contribution in [-0.4, -0.2) is 48.7 Å². The van der Waals surface area contributed by atoms with E-state index in [9.17, 15) is 0 Å². The number of aromatic nitrogens is 2. The highest BCUT2D eigenvalue weighted by atomic mass is 16.5. The number of allylic oxidation sites excluding steroid dienone is 1. The van der Waals surface area contributed by atoms with E-state index in [-0.39, 0.29) is 0 Å². The van der Waals surface area contributed by atoms with Crippen LogP contribution < -0.4 is 15.4 Å². The molecule has 6 nitrogen and oxygen atoms in total. The summed E-state index contributed by atoms with van der Waals surface area (Å²) in [6.45, 7) is 9.04. The van der Waals surface area contributed by atoms with Crippen LogP contribution in [0.25, 0.3) is 5.57 Å². The van der Waals surface area contributed by atoms with Crippen molar-refractivity contribution < 1.29 is 4.74 Å². The molecule has 0 aliphatic carbocycles. The highest BCUT2D eigenvalue weighted by Crippen LogP contribution is 2.38. The largest absolute Gasteiger partial charge is 0.492 e. The minimum atomic E-state index is 0.599. The van der Waals surface area contributed by atoms with Gasteiger partial charge in [0.25, 0.3) is 0 Å². The van der Waals surface area contributed by atoms with Crippen molar-refractivity contribution in [2.75, 3.05) is 44.4 Å². The zero-order valence-corrected chi connectivity index (χ0v) is 17.6. The van der Waals surface area contributed by atoms with Gasteiger partial charge in [0.05, 0.1) is 6.61 Å². The topological polar surface area (TPSA) is 62.3 Å². The lowest BCUT2D eigenvalue weighted by molar-refractivity contribution is 0.355. The molecule has 150 valence electrons. The fraction of sp³-hybridized carbons (Fsp3) is 0.455. The van der Waals surface area contributed by atoms with Crippen molar-refractivity contribution in [3.8, 4) is 5.75 Å². The second-order valence-electron chi connectivity index (χ2n) is 7.14. The second-order valence-corrected chi connectivity index (χ2v) is 7.14. The quantitative estimate of drug-likeness (QED) is 0.713. The van der Waals surface area contributed by atoms with E-state index in [2.05, 4.69) is 64.6 Å². The lowest BCUT2D eigenvalue weighted by Crippen LogP contribution is -2.17. The van der Waals surface area contributed by atoms with Crippen LogP contribution in [0.4, 0.5) is 17.5 Å². The Bertz CT molecular complexity index is 862. The van der Waals surface area contributed by atoms with Crippen molar-refractivity contribution in [3.05, 3.63) is 41.1 Å². The number of ether oxygens (including phenoxy) is 1. The first-order chi connectivity index (χ1) is 13.5. The number of aryl methyl sites for hydroxylation is 1. The van der Waals surface area contributed by atoms with Crippen LogP contribution in [0.2, 0.25) is 0 Å². The number of nitrogens with one attached hydrogen (secondary N) is 2. The molecule has 0 radical (unpaired) electrons. The van der Waals surface area contributed by atoms with Crippen molar-refractivity contribution in [2.24, 2.45) is 0 Å². The lowest BCUT2D eigenvalue weighted by atomic mass is 9.98. The molecule has 2 heterocycles. The van der Waals surface area contributed by atoms with Gasteiger partial charge in [0, 0.05) is 48.6 Å². The molecule has 1 aliphatic heterocycles. The number of rotatable bonds is 8. The molecule has 0 saturated heterocycles. The van der Waals surface area contributed by atoms with E-state index in [0.717, 1.165) is 55.5 Å². The first kappa shape index (κ1) is 20.1. The van der Waals surface area contributed by atoms with Crippen LogP contribution >= 0.6 is 0 Å². The summed E-state index contributed by atoms with van der Waals surface area (Å²) < 4.78 is 5.98. The molecule has 1 aliphatic rings. The molecule has 0 atom stereocenters. The maximum Gasteiger partial charge on any atom is 0.229 e. The van der Waals surface area contributed by atoms with E-state index in [0.29, 0.717) is 5.95 Å². The Morgan fingerprint density at radius 3 is 2.79 bits per heavy atom. The molecule has 0 bridgehead atoms. The molecule has 0 amide bonds. The Morgan fingerprint density at radius 1 is 1.25 bits per heavy atom. The Hall–Kier alpha value is -2.60. The first-order valence-corrected chi connectivity index (χ1v) is 10.0. The summed E-state index contributed by atoms with van der Waals surface area (Å²) in [6, 6.07) is 6.24. The molecule has 0 spiro atoms. The Labute approximate surface area is 168 Å². The third kappa shape index (κ3) is 4.62. The van der Waals surface area contributed by atoms with E-state index in [1.807, 2.05) is 20.0 Å². The highest BCUT2D eigenvalue weighted by Gasteiger charge is 2.20. The van der Waals surface area contributed by atoms with Gasteiger partial charge in [-0.3, -0.25) is 0 Å². The number of hydrogen-bond acceptors (Lipinski definition) is 6. The standard InChI is InChI=1S/C22H31N5O/c1-6-16(8-10-27(5)7-2)19-14-18(13-17-9-11-28-21(17)19)25-22-24-15(3)12-20(23-4)26-22/h8,12-14H,6-7,9-11H2,1-5H3,(H2,23,24,25,26)/b16-8+. The molecule has 0 fully saturated rings. The fourth-order valence-electron chi connectivity index (χ4n) is 3.34. The summed E-state index contributed by atoms with van der Waals surface area (Å²) >= 11 is 0. The van der Waals surface area contributed by atoms with Gasteiger partial charge in [0.15, 0.2) is 0 Å². The minimum absolute atomic E-state index is 0.599. The zero-order valence-electron chi connectivity index (χ0n) is 17.6. The van der Waals surface area contributed by atoms with Crippen molar-refractivity contribution in [2.45, 2.75) is 33.6 Å².